The third-order valence-electron chi connectivity index (χ3n) is 3.90. The van der Waals surface area contributed by atoms with Gasteiger partial charge >= 0.3 is 18.0 Å². The van der Waals surface area contributed by atoms with Gasteiger partial charge in [0.15, 0.2) is 0 Å². The van der Waals surface area contributed by atoms with Gasteiger partial charge in [0.2, 0.25) is 0 Å². The minimum absolute atomic E-state index is 0.0631. The third-order valence-corrected chi connectivity index (χ3v) is 3.90. The quantitative estimate of drug-likeness (QED) is 0.609. The molecule has 0 spiro atoms. The highest BCUT2D eigenvalue weighted by Crippen LogP contribution is 2.08. The molecule has 2 N–H and O–H groups in total. The summed E-state index contributed by atoms with van der Waals surface area (Å²) in [6.45, 7) is 0.128. The Kier molecular flexibility index (Phi) is 8.52. The fourth-order valence-electron chi connectivity index (χ4n) is 2.44. The number of aliphatic carboxylic acids is 1. The first-order valence-electron chi connectivity index (χ1n) is 8.94. The number of carboxylic acid groups (broad SMARTS) is 1. The van der Waals surface area contributed by atoms with E-state index in [-0.39, 0.29) is 32.5 Å². The minimum Gasteiger partial charge on any atom is -0.481 e. The first kappa shape index (κ1) is 21.0. The molecule has 0 radical (unpaired) electrons. The van der Waals surface area contributed by atoms with Crippen LogP contribution in [-0.4, -0.2) is 29.2 Å². The second-order valence-electron chi connectivity index (χ2n) is 6.14. The maximum absolute atomic E-state index is 12.4. The van der Waals surface area contributed by atoms with Crippen molar-refractivity contribution in [1.82, 2.24) is 5.32 Å². The summed E-state index contributed by atoms with van der Waals surface area (Å²) in [6, 6.07) is 17.3. The molecule has 2 rings (SSSR count). The summed E-state index contributed by atoms with van der Waals surface area (Å²) in [7, 11) is 0. The molecule has 2 aromatic carbocycles. The predicted octanol–water partition coefficient (Wildman–Crippen LogP) is 3.28. The molecule has 7 heteroatoms. The van der Waals surface area contributed by atoms with Crippen LogP contribution in [0.15, 0.2) is 60.7 Å². The van der Waals surface area contributed by atoms with Gasteiger partial charge in [-0.1, -0.05) is 60.7 Å². The van der Waals surface area contributed by atoms with Gasteiger partial charge < -0.3 is 19.9 Å². The van der Waals surface area contributed by atoms with Gasteiger partial charge in [-0.25, -0.2) is 9.59 Å². The molecule has 0 bridgehead atoms. The molecule has 0 unspecified atom stereocenters. The van der Waals surface area contributed by atoms with E-state index in [1.807, 2.05) is 60.7 Å². The smallest absolute Gasteiger partial charge is 0.408 e. The predicted molar refractivity (Wildman–Crippen MR) is 101 cm³/mol. The number of esters is 1. The van der Waals surface area contributed by atoms with Crippen molar-refractivity contribution in [1.29, 1.82) is 0 Å². The zero-order valence-electron chi connectivity index (χ0n) is 15.4. The van der Waals surface area contributed by atoms with Crippen molar-refractivity contribution in [3.8, 4) is 0 Å². The lowest BCUT2D eigenvalue weighted by molar-refractivity contribution is -0.148. The van der Waals surface area contributed by atoms with E-state index in [2.05, 4.69) is 5.32 Å². The molecule has 0 aliphatic carbocycles. The zero-order chi connectivity index (χ0) is 20.2. The van der Waals surface area contributed by atoms with Crippen molar-refractivity contribution < 1.29 is 29.0 Å². The molecule has 1 amide bonds. The standard InChI is InChI=1S/C21H23NO6/c23-19(24)13-7-12-18(20(25)27-14-16-8-3-1-4-9-16)22-21(26)28-15-17-10-5-2-6-11-17/h1-6,8-11,18H,7,12-15H2,(H,22,26)(H,23,24)/t18-/m1/s1. The Morgan fingerprint density at radius 3 is 1.93 bits per heavy atom. The lowest BCUT2D eigenvalue weighted by Crippen LogP contribution is -2.42. The molecule has 0 aliphatic rings. The molecule has 0 saturated carbocycles. The van der Waals surface area contributed by atoms with Crippen molar-refractivity contribution in [2.75, 3.05) is 0 Å². The largest absolute Gasteiger partial charge is 0.481 e. The minimum atomic E-state index is -0.980. The van der Waals surface area contributed by atoms with Gasteiger partial charge in [0.25, 0.3) is 0 Å². The summed E-state index contributed by atoms with van der Waals surface area (Å²) < 4.78 is 10.4. The van der Waals surface area contributed by atoms with E-state index in [1.54, 1.807) is 0 Å². The molecule has 1 atom stereocenters. The molecule has 0 heterocycles. The monoisotopic (exact) mass is 385 g/mol. The number of rotatable bonds is 10. The number of amides is 1. The highest BCUT2D eigenvalue weighted by atomic mass is 16.6. The Labute approximate surface area is 163 Å². The van der Waals surface area contributed by atoms with Crippen LogP contribution in [0, 0.1) is 0 Å². The number of hydrogen-bond donors (Lipinski definition) is 2. The second kappa shape index (κ2) is 11.4. The first-order valence-corrected chi connectivity index (χ1v) is 8.94. The third kappa shape index (κ3) is 7.90. The second-order valence-corrected chi connectivity index (χ2v) is 6.14. The average molecular weight is 385 g/mol. The van der Waals surface area contributed by atoms with Crippen LogP contribution in [0.25, 0.3) is 0 Å². The van der Waals surface area contributed by atoms with E-state index >= 15 is 0 Å². The van der Waals surface area contributed by atoms with E-state index in [4.69, 9.17) is 14.6 Å². The fraction of sp³-hybridized carbons (Fsp3) is 0.286. The van der Waals surface area contributed by atoms with Gasteiger partial charge in [0.05, 0.1) is 0 Å². The Hall–Kier alpha value is -3.35. The molecule has 28 heavy (non-hydrogen) atoms. The van der Waals surface area contributed by atoms with Crippen molar-refractivity contribution >= 4 is 18.0 Å². The number of benzene rings is 2. The molecule has 0 fully saturated rings. The summed E-state index contributed by atoms with van der Waals surface area (Å²) in [5.41, 5.74) is 1.62. The number of alkyl carbamates (subject to hydrolysis) is 1. The van der Waals surface area contributed by atoms with Crippen LogP contribution in [0.2, 0.25) is 0 Å². The summed E-state index contributed by atoms with van der Waals surface area (Å²) in [6.07, 6.45) is -0.510. The Morgan fingerprint density at radius 1 is 0.857 bits per heavy atom. The molecule has 2 aromatic rings. The molecule has 0 aliphatic heterocycles. The summed E-state index contributed by atoms with van der Waals surface area (Å²) in [5, 5.41) is 11.2. The molecule has 0 aromatic heterocycles. The molecule has 148 valence electrons. The Balaban J connectivity index is 1.88. The lowest BCUT2D eigenvalue weighted by atomic mass is 10.1. The van der Waals surface area contributed by atoms with Crippen LogP contribution in [0.3, 0.4) is 0 Å². The summed E-state index contributed by atoms with van der Waals surface area (Å²) in [5.74, 6) is -1.60. The zero-order valence-corrected chi connectivity index (χ0v) is 15.4. The molecule has 7 nitrogen and oxygen atoms in total. The van der Waals surface area contributed by atoms with E-state index in [0.717, 1.165) is 11.1 Å². The van der Waals surface area contributed by atoms with Gasteiger partial charge in [-0.2, -0.15) is 0 Å². The molecule has 0 saturated heterocycles. The molecular formula is C21H23NO6. The van der Waals surface area contributed by atoms with Crippen molar-refractivity contribution in [3.63, 3.8) is 0 Å². The lowest BCUT2D eigenvalue weighted by Gasteiger charge is -2.17. The number of carboxylic acids is 1. The van der Waals surface area contributed by atoms with Crippen molar-refractivity contribution in [2.24, 2.45) is 0 Å². The topological polar surface area (TPSA) is 102 Å². The number of carbonyl (C=O) groups excluding carboxylic acids is 2. The van der Waals surface area contributed by atoms with Crippen LogP contribution in [0.4, 0.5) is 4.79 Å². The SMILES string of the molecule is O=C(O)CCC[C@@H](NC(=O)OCc1ccccc1)C(=O)OCc1ccccc1. The number of hydrogen-bond acceptors (Lipinski definition) is 5. The maximum Gasteiger partial charge on any atom is 0.408 e. The highest BCUT2D eigenvalue weighted by molar-refractivity contribution is 5.81. The summed E-state index contributed by atoms with van der Waals surface area (Å²) >= 11 is 0. The Bertz CT molecular complexity index is 763. The van der Waals surface area contributed by atoms with Crippen molar-refractivity contribution in [2.45, 2.75) is 38.5 Å². The van der Waals surface area contributed by atoms with Crippen LogP contribution >= 0.6 is 0 Å². The number of carbonyl (C=O) groups is 3. The van der Waals surface area contributed by atoms with Crippen LogP contribution in [-0.2, 0) is 32.3 Å². The maximum atomic E-state index is 12.4. The van der Waals surface area contributed by atoms with E-state index in [1.165, 1.54) is 0 Å². The highest BCUT2D eigenvalue weighted by Gasteiger charge is 2.23. The van der Waals surface area contributed by atoms with Gasteiger partial charge in [0, 0.05) is 6.42 Å². The van der Waals surface area contributed by atoms with Gasteiger partial charge in [-0.05, 0) is 24.0 Å². The van der Waals surface area contributed by atoms with E-state index in [9.17, 15) is 14.4 Å². The normalized spacial score (nSPS) is 11.3. The molecular weight excluding hydrogens is 362 g/mol. The van der Waals surface area contributed by atoms with Gasteiger partial charge in [-0.15, -0.1) is 0 Å². The first-order chi connectivity index (χ1) is 13.5. The van der Waals surface area contributed by atoms with E-state index in [0.29, 0.717) is 0 Å². The van der Waals surface area contributed by atoms with Gasteiger partial charge in [0.1, 0.15) is 19.3 Å². The van der Waals surface area contributed by atoms with Crippen LogP contribution in [0.5, 0.6) is 0 Å². The van der Waals surface area contributed by atoms with Crippen LogP contribution in [0.1, 0.15) is 30.4 Å². The average Bonchev–Trinajstić information content (AvgIpc) is 2.71. The summed E-state index contributed by atoms with van der Waals surface area (Å²) in [4.78, 5) is 35.1. The fourth-order valence-corrected chi connectivity index (χ4v) is 2.44. The van der Waals surface area contributed by atoms with E-state index < -0.39 is 24.1 Å². The van der Waals surface area contributed by atoms with Crippen molar-refractivity contribution in [3.05, 3.63) is 71.8 Å². The van der Waals surface area contributed by atoms with Gasteiger partial charge in [-0.3, -0.25) is 4.79 Å². The van der Waals surface area contributed by atoms with Crippen LogP contribution < -0.4 is 5.32 Å². The number of nitrogens with one attached hydrogen (secondary N) is 1. The Morgan fingerprint density at radius 2 is 1.39 bits per heavy atom. The number of ether oxygens (including phenoxy) is 2.